The summed E-state index contributed by atoms with van der Waals surface area (Å²) in [6.07, 6.45) is 3.84. The maximum atomic E-state index is 4.43. The molecule has 0 amide bonds. The molecule has 0 fully saturated rings. The van der Waals surface area contributed by atoms with Gasteiger partial charge in [0.1, 0.15) is 0 Å². The van der Waals surface area contributed by atoms with Crippen molar-refractivity contribution in [2.24, 2.45) is 0 Å². The molecule has 0 aliphatic carbocycles. The molecule has 9 rings (SSSR count). The van der Waals surface area contributed by atoms with E-state index in [2.05, 4.69) is 168 Å². The van der Waals surface area contributed by atoms with Gasteiger partial charge in [-0.25, -0.2) is 0 Å². The first-order valence-corrected chi connectivity index (χ1v) is 15.8. The molecule has 0 atom stereocenters. The zero-order chi connectivity index (χ0) is 30.6. The molecule has 0 saturated carbocycles. The Morgan fingerprint density at radius 2 is 1.15 bits per heavy atom. The highest BCUT2D eigenvalue weighted by Crippen LogP contribution is 2.40. The Bertz CT molecular complexity index is 2590. The molecular formula is C44H30N2. The van der Waals surface area contributed by atoms with E-state index in [9.17, 15) is 0 Å². The van der Waals surface area contributed by atoms with Gasteiger partial charge in [-0.2, -0.15) is 0 Å². The van der Waals surface area contributed by atoms with E-state index in [1.54, 1.807) is 0 Å². The van der Waals surface area contributed by atoms with Crippen molar-refractivity contribution < 1.29 is 0 Å². The van der Waals surface area contributed by atoms with Gasteiger partial charge in [-0.15, -0.1) is 0 Å². The zero-order valence-corrected chi connectivity index (χ0v) is 25.5. The lowest BCUT2D eigenvalue weighted by Gasteiger charge is -2.12. The normalized spacial score (nSPS) is 11.6. The van der Waals surface area contributed by atoms with Crippen molar-refractivity contribution in [1.29, 1.82) is 0 Å². The van der Waals surface area contributed by atoms with Crippen molar-refractivity contribution >= 4 is 43.4 Å². The van der Waals surface area contributed by atoms with Gasteiger partial charge in [0.05, 0.1) is 11.0 Å². The summed E-state index contributed by atoms with van der Waals surface area (Å²) < 4.78 is 2.45. The van der Waals surface area contributed by atoms with Gasteiger partial charge in [0.2, 0.25) is 0 Å². The van der Waals surface area contributed by atoms with Gasteiger partial charge in [-0.1, -0.05) is 115 Å². The molecule has 0 N–H and O–H groups in total. The van der Waals surface area contributed by atoms with E-state index in [-0.39, 0.29) is 0 Å². The third kappa shape index (κ3) is 4.30. The van der Waals surface area contributed by atoms with E-state index in [0.717, 1.165) is 16.8 Å². The van der Waals surface area contributed by atoms with Crippen LogP contribution in [0.5, 0.6) is 0 Å². The van der Waals surface area contributed by atoms with Crippen LogP contribution in [-0.4, -0.2) is 9.55 Å². The lowest BCUT2D eigenvalue weighted by molar-refractivity contribution is 1.19. The monoisotopic (exact) mass is 586 g/mol. The predicted molar refractivity (Wildman–Crippen MR) is 195 cm³/mol. The van der Waals surface area contributed by atoms with Gasteiger partial charge < -0.3 is 4.57 Å². The van der Waals surface area contributed by atoms with E-state index < -0.39 is 0 Å². The summed E-state index contributed by atoms with van der Waals surface area (Å²) in [6, 6.07) is 55.4. The standard InChI is InChI=1S/C44H30N2/c1-29-23-36(28-45-27-29)32-12-7-11-31(24-32)33-17-21-41-42-22-19-35-25-34(39-16-8-10-30-9-5-6-15-38(30)39)18-20-40(35)44(42)46(43(41)26-33)37-13-3-2-4-14-37/h2-28H,1H3. The van der Waals surface area contributed by atoms with E-state index in [1.165, 1.54) is 71.2 Å². The highest BCUT2D eigenvalue weighted by atomic mass is 15.0. The Balaban J connectivity index is 1.27. The van der Waals surface area contributed by atoms with Crippen LogP contribution in [0.1, 0.15) is 5.56 Å². The summed E-state index contributed by atoms with van der Waals surface area (Å²) in [5, 5.41) is 7.53. The van der Waals surface area contributed by atoms with Crippen LogP contribution in [0.3, 0.4) is 0 Å². The van der Waals surface area contributed by atoms with Gasteiger partial charge in [-0.3, -0.25) is 4.98 Å². The van der Waals surface area contributed by atoms with Crippen LogP contribution in [-0.2, 0) is 0 Å². The van der Waals surface area contributed by atoms with Crippen LogP contribution < -0.4 is 0 Å². The summed E-state index contributed by atoms with van der Waals surface area (Å²) in [5.41, 5.74) is 11.9. The second-order valence-corrected chi connectivity index (χ2v) is 12.2. The molecule has 0 radical (unpaired) electrons. The molecule has 0 bridgehead atoms. The number of hydrogen-bond donors (Lipinski definition) is 0. The first-order chi connectivity index (χ1) is 22.7. The van der Waals surface area contributed by atoms with Crippen molar-refractivity contribution in [3.05, 3.63) is 170 Å². The topological polar surface area (TPSA) is 17.8 Å². The van der Waals surface area contributed by atoms with E-state index in [1.807, 2.05) is 12.4 Å². The molecule has 7 aromatic carbocycles. The molecule has 2 heteroatoms. The number of nitrogens with zero attached hydrogens (tertiary/aromatic N) is 2. The molecule has 0 aliphatic heterocycles. The second-order valence-electron chi connectivity index (χ2n) is 12.2. The van der Waals surface area contributed by atoms with Crippen LogP contribution in [0.4, 0.5) is 0 Å². The van der Waals surface area contributed by atoms with Gasteiger partial charge in [0.15, 0.2) is 0 Å². The molecule has 0 unspecified atom stereocenters. The highest BCUT2D eigenvalue weighted by Gasteiger charge is 2.17. The molecule has 9 aromatic rings. The molecule has 2 nitrogen and oxygen atoms in total. The van der Waals surface area contributed by atoms with Gasteiger partial charge in [-0.05, 0) is 92.9 Å². The lowest BCUT2D eigenvalue weighted by atomic mass is 9.95. The van der Waals surface area contributed by atoms with Gasteiger partial charge in [0.25, 0.3) is 0 Å². The number of hydrogen-bond acceptors (Lipinski definition) is 1. The number of aromatic nitrogens is 2. The third-order valence-corrected chi connectivity index (χ3v) is 9.26. The van der Waals surface area contributed by atoms with Crippen molar-refractivity contribution in [2.75, 3.05) is 0 Å². The predicted octanol–water partition coefficient (Wildman–Crippen LogP) is 11.8. The Morgan fingerprint density at radius 1 is 0.435 bits per heavy atom. The zero-order valence-electron chi connectivity index (χ0n) is 25.5. The molecule has 0 aliphatic rings. The Morgan fingerprint density at radius 3 is 2.04 bits per heavy atom. The fourth-order valence-corrected chi connectivity index (χ4v) is 7.10. The molecule has 46 heavy (non-hydrogen) atoms. The molecule has 2 heterocycles. The SMILES string of the molecule is Cc1cncc(-c2cccc(-c3ccc4c5ccc6cc(-c7cccc8ccccc78)ccc6c5n(-c5ccccc5)c4c3)c2)c1. The van der Waals surface area contributed by atoms with Crippen molar-refractivity contribution in [3.8, 4) is 39.1 Å². The summed E-state index contributed by atoms with van der Waals surface area (Å²) in [7, 11) is 0. The number of para-hydroxylation sites is 1. The number of benzene rings is 7. The van der Waals surface area contributed by atoms with Gasteiger partial charge in [0, 0.05) is 39.8 Å². The Hall–Kier alpha value is -5.99. The minimum absolute atomic E-state index is 1.13. The first-order valence-electron chi connectivity index (χ1n) is 15.8. The molecule has 0 saturated heterocycles. The van der Waals surface area contributed by atoms with Gasteiger partial charge >= 0.3 is 0 Å². The Kier molecular flexibility index (Phi) is 6.07. The lowest BCUT2D eigenvalue weighted by Crippen LogP contribution is -1.94. The number of aryl methyl sites for hydroxylation is 1. The fraction of sp³-hybridized carbons (Fsp3) is 0.0227. The minimum Gasteiger partial charge on any atom is -0.309 e. The maximum Gasteiger partial charge on any atom is 0.0619 e. The fourth-order valence-electron chi connectivity index (χ4n) is 7.10. The first kappa shape index (κ1) is 26.4. The Labute approximate surface area is 267 Å². The number of pyridine rings is 1. The molecule has 0 spiro atoms. The van der Waals surface area contributed by atoms with E-state index >= 15 is 0 Å². The van der Waals surface area contributed by atoms with Crippen LogP contribution in [0.25, 0.3) is 82.4 Å². The maximum absolute atomic E-state index is 4.43. The average molecular weight is 587 g/mol. The summed E-state index contributed by atoms with van der Waals surface area (Å²) >= 11 is 0. The third-order valence-electron chi connectivity index (χ3n) is 9.26. The minimum atomic E-state index is 1.13. The number of fused-ring (bicyclic) bond motifs is 6. The summed E-state index contributed by atoms with van der Waals surface area (Å²) in [6.45, 7) is 2.09. The summed E-state index contributed by atoms with van der Waals surface area (Å²) in [4.78, 5) is 4.43. The van der Waals surface area contributed by atoms with Crippen molar-refractivity contribution in [3.63, 3.8) is 0 Å². The van der Waals surface area contributed by atoms with E-state index in [4.69, 9.17) is 0 Å². The van der Waals surface area contributed by atoms with Crippen LogP contribution in [0, 0.1) is 6.92 Å². The summed E-state index contributed by atoms with van der Waals surface area (Å²) in [5.74, 6) is 0. The largest absolute Gasteiger partial charge is 0.309 e. The highest BCUT2D eigenvalue weighted by molar-refractivity contribution is 6.19. The average Bonchev–Trinajstić information content (AvgIpc) is 3.45. The molecule has 2 aromatic heterocycles. The number of rotatable bonds is 4. The van der Waals surface area contributed by atoms with E-state index in [0.29, 0.717) is 0 Å². The quantitative estimate of drug-likeness (QED) is 0.201. The smallest absolute Gasteiger partial charge is 0.0619 e. The second kappa shape index (κ2) is 10.6. The van der Waals surface area contributed by atoms with Crippen LogP contribution in [0.2, 0.25) is 0 Å². The van der Waals surface area contributed by atoms with Crippen LogP contribution in [0.15, 0.2) is 164 Å². The van der Waals surface area contributed by atoms with Crippen molar-refractivity contribution in [1.82, 2.24) is 9.55 Å². The van der Waals surface area contributed by atoms with Crippen LogP contribution >= 0.6 is 0 Å². The van der Waals surface area contributed by atoms with Crippen molar-refractivity contribution in [2.45, 2.75) is 6.92 Å². The molecule has 216 valence electrons. The molecular weight excluding hydrogens is 556 g/mol.